The van der Waals surface area contributed by atoms with Gasteiger partial charge >= 0.3 is 6.09 Å². The van der Waals surface area contributed by atoms with E-state index in [4.69, 9.17) is 9.72 Å². The van der Waals surface area contributed by atoms with Crippen molar-refractivity contribution < 1.29 is 9.53 Å². The SMILES string of the molecule is Cc1cc(N2C(=O)OC[C@@H]2C(C)C)nc2c(C)cccc12. The predicted molar refractivity (Wildman–Crippen MR) is 83.7 cm³/mol. The maximum Gasteiger partial charge on any atom is 0.415 e. The Morgan fingerprint density at radius 1 is 1.29 bits per heavy atom. The van der Waals surface area contributed by atoms with Crippen molar-refractivity contribution in [2.75, 3.05) is 11.5 Å². The van der Waals surface area contributed by atoms with Crippen LogP contribution in [0.3, 0.4) is 0 Å². The first-order valence-corrected chi connectivity index (χ1v) is 7.32. The lowest BCUT2D eigenvalue weighted by molar-refractivity contribution is 0.177. The summed E-state index contributed by atoms with van der Waals surface area (Å²) in [5.41, 5.74) is 3.20. The molecule has 3 rings (SSSR count). The molecule has 1 aliphatic rings. The zero-order valence-corrected chi connectivity index (χ0v) is 12.9. The third-order valence-corrected chi connectivity index (χ3v) is 4.16. The fraction of sp³-hybridized carbons (Fsp3) is 0.412. The lowest BCUT2D eigenvalue weighted by Crippen LogP contribution is -2.37. The van der Waals surface area contributed by atoms with Crippen molar-refractivity contribution in [3.63, 3.8) is 0 Å². The summed E-state index contributed by atoms with van der Waals surface area (Å²) in [7, 11) is 0. The van der Waals surface area contributed by atoms with Crippen LogP contribution in [0.4, 0.5) is 10.6 Å². The number of hydrogen-bond donors (Lipinski definition) is 0. The van der Waals surface area contributed by atoms with Crippen LogP contribution >= 0.6 is 0 Å². The Hall–Kier alpha value is -2.10. The molecule has 1 aliphatic heterocycles. The second-order valence-electron chi connectivity index (χ2n) is 6.03. The number of carbonyl (C=O) groups is 1. The molecule has 1 fully saturated rings. The first-order valence-electron chi connectivity index (χ1n) is 7.32. The molecule has 0 unspecified atom stereocenters. The van der Waals surface area contributed by atoms with Crippen LogP contribution in [0, 0.1) is 19.8 Å². The van der Waals surface area contributed by atoms with Gasteiger partial charge in [-0.15, -0.1) is 0 Å². The number of benzene rings is 1. The Bertz CT molecular complexity index is 709. The lowest BCUT2D eigenvalue weighted by Gasteiger charge is -2.24. The maximum atomic E-state index is 12.1. The minimum Gasteiger partial charge on any atom is -0.447 e. The third kappa shape index (κ3) is 2.24. The minimum absolute atomic E-state index is 0.0471. The molecule has 0 spiro atoms. The molecule has 1 aromatic heterocycles. The van der Waals surface area contributed by atoms with Gasteiger partial charge in [-0.05, 0) is 37.0 Å². The standard InChI is InChI=1S/C17H20N2O2/c1-10(2)14-9-21-17(20)19(14)15-8-12(4)13-7-5-6-11(3)16(13)18-15/h5-8,10,14H,9H2,1-4H3/t14-/m1/s1. The molecular formula is C17H20N2O2. The molecule has 0 radical (unpaired) electrons. The summed E-state index contributed by atoms with van der Waals surface area (Å²) in [5, 5.41) is 1.13. The number of anilines is 1. The second-order valence-corrected chi connectivity index (χ2v) is 6.03. The highest BCUT2D eigenvalue weighted by molar-refractivity contribution is 5.93. The lowest BCUT2D eigenvalue weighted by atomic mass is 10.0. The van der Waals surface area contributed by atoms with E-state index in [1.807, 2.05) is 25.1 Å². The predicted octanol–water partition coefficient (Wildman–Crippen LogP) is 3.83. The zero-order chi connectivity index (χ0) is 15.1. The molecule has 0 aliphatic carbocycles. The summed E-state index contributed by atoms with van der Waals surface area (Å²) in [6.07, 6.45) is -0.298. The molecule has 21 heavy (non-hydrogen) atoms. The molecule has 4 nitrogen and oxygen atoms in total. The number of carbonyl (C=O) groups excluding carboxylic acids is 1. The topological polar surface area (TPSA) is 42.4 Å². The largest absolute Gasteiger partial charge is 0.447 e. The Labute approximate surface area is 124 Å². The number of rotatable bonds is 2. The number of amides is 1. The van der Waals surface area contributed by atoms with E-state index in [1.165, 1.54) is 0 Å². The molecule has 0 N–H and O–H groups in total. The van der Waals surface area contributed by atoms with Gasteiger partial charge in [-0.2, -0.15) is 0 Å². The van der Waals surface area contributed by atoms with Crippen LogP contribution in [0.5, 0.6) is 0 Å². The first-order chi connectivity index (χ1) is 9.99. The van der Waals surface area contributed by atoms with Crippen LogP contribution in [0.1, 0.15) is 25.0 Å². The monoisotopic (exact) mass is 284 g/mol. The molecule has 4 heteroatoms. The van der Waals surface area contributed by atoms with Gasteiger partial charge in [0.15, 0.2) is 0 Å². The van der Waals surface area contributed by atoms with Gasteiger partial charge in [-0.25, -0.2) is 9.78 Å². The Morgan fingerprint density at radius 3 is 2.76 bits per heavy atom. The van der Waals surface area contributed by atoms with Gasteiger partial charge in [0, 0.05) is 5.39 Å². The van der Waals surface area contributed by atoms with Gasteiger partial charge in [-0.3, -0.25) is 4.90 Å². The number of nitrogens with zero attached hydrogens (tertiary/aromatic N) is 2. The zero-order valence-electron chi connectivity index (χ0n) is 12.9. The van der Waals surface area contributed by atoms with E-state index in [1.54, 1.807) is 4.90 Å². The van der Waals surface area contributed by atoms with Crippen LogP contribution in [-0.4, -0.2) is 23.7 Å². The highest BCUT2D eigenvalue weighted by Gasteiger charge is 2.37. The van der Waals surface area contributed by atoms with Crippen molar-refractivity contribution in [1.29, 1.82) is 0 Å². The summed E-state index contributed by atoms with van der Waals surface area (Å²) in [6, 6.07) is 8.17. The number of para-hydroxylation sites is 1. The van der Waals surface area contributed by atoms with E-state index in [0.717, 1.165) is 22.0 Å². The van der Waals surface area contributed by atoms with E-state index in [9.17, 15) is 4.79 Å². The fourth-order valence-electron chi connectivity index (χ4n) is 2.86. The van der Waals surface area contributed by atoms with Gasteiger partial charge in [0.2, 0.25) is 0 Å². The molecule has 2 heterocycles. The summed E-state index contributed by atoms with van der Waals surface area (Å²) in [5.74, 6) is 1.02. The van der Waals surface area contributed by atoms with Gasteiger partial charge in [-0.1, -0.05) is 32.0 Å². The molecule has 1 amide bonds. The van der Waals surface area contributed by atoms with Crippen LogP contribution in [0.2, 0.25) is 0 Å². The number of hydrogen-bond acceptors (Lipinski definition) is 3. The van der Waals surface area contributed by atoms with Gasteiger partial charge in [0.25, 0.3) is 0 Å². The number of fused-ring (bicyclic) bond motifs is 1. The minimum atomic E-state index is -0.298. The smallest absolute Gasteiger partial charge is 0.415 e. The van der Waals surface area contributed by atoms with Crippen molar-refractivity contribution in [1.82, 2.24) is 4.98 Å². The third-order valence-electron chi connectivity index (χ3n) is 4.16. The van der Waals surface area contributed by atoms with Crippen molar-refractivity contribution >= 4 is 22.8 Å². The van der Waals surface area contributed by atoms with Crippen LogP contribution < -0.4 is 4.90 Å². The van der Waals surface area contributed by atoms with Crippen molar-refractivity contribution in [2.24, 2.45) is 5.92 Å². The molecule has 0 bridgehead atoms. The fourth-order valence-corrected chi connectivity index (χ4v) is 2.86. The summed E-state index contributed by atoms with van der Waals surface area (Å²) in [4.78, 5) is 18.5. The van der Waals surface area contributed by atoms with Crippen LogP contribution in [0.15, 0.2) is 24.3 Å². The number of ether oxygens (including phenoxy) is 1. The number of cyclic esters (lactones) is 1. The van der Waals surface area contributed by atoms with Crippen LogP contribution in [0.25, 0.3) is 10.9 Å². The average Bonchev–Trinajstić information content (AvgIpc) is 2.82. The highest BCUT2D eigenvalue weighted by Crippen LogP contribution is 2.30. The average molecular weight is 284 g/mol. The van der Waals surface area contributed by atoms with E-state index < -0.39 is 0 Å². The highest BCUT2D eigenvalue weighted by atomic mass is 16.6. The second kappa shape index (κ2) is 5.02. The summed E-state index contributed by atoms with van der Waals surface area (Å²) in [6.45, 7) is 8.72. The number of pyridine rings is 1. The quantitative estimate of drug-likeness (QED) is 0.841. The van der Waals surface area contributed by atoms with Crippen molar-refractivity contribution in [3.05, 3.63) is 35.4 Å². The van der Waals surface area contributed by atoms with Gasteiger partial charge in [0.1, 0.15) is 12.4 Å². The number of aryl methyl sites for hydroxylation is 2. The van der Waals surface area contributed by atoms with Gasteiger partial charge < -0.3 is 4.74 Å². The van der Waals surface area contributed by atoms with Crippen molar-refractivity contribution in [3.8, 4) is 0 Å². The molecule has 1 atom stereocenters. The normalized spacial score (nSPS) is 18.6. The molecule has 1 saturated heterocycles. The summed E-state index contributed by atoms with van der Waals surface area (Å²) >= 11 is 0. The van der Waals surface area contributed by atoms with Crippen LogP contribution in [-0.2, 0) is 4.74 Å². The summed E-state index contributed by atoms with van der Waals surface area (Å²) < 4.78 is 5.22. The van der Waals surface area contributed by atoms with E-state index in [2.05, 4.69) is 26.8 Å². The molecule has 1 aromatic carbocycles. The Balaban J connectivity index is 2.16. The van der Waals surface area contributed by atoms with E-state index in [0.29, 0.717) is 18.3 Å². The number of aromatic nitrogens is 1. The Kier molecular flexibility index (Phi) is 3.32. The molecule has 110 valence electrons. The maximum absolute atomic E-state index is 12.1. The van der Waals surface area contributed by atoms with E-state index in [-0.39, 0.29) is 12.1 Å². The molecule has 0 saturated carbocycles. The molecular weight excluding hydrogens is 264 g/mol. The first kappa shape index (κ1) is 13.9. The van der Waals surface area contributed by atoms with Crippen molar-refractivity contribution in [2.45, 2.75) is 33.7 Å². The van der Waals surface area contributed by atoms with Gasteiger partial charge in [0.05, 0.1) is 11.6 Å². The van der Waals surface area contributed by atoms with E-state index >= 15 is 0 Å². The molecule has 2 aromatic rings. The Morgan fingerprint density at radius 2 is 2.05 bits per heavy atom.